The number of amides is 1. The number of hydrogen-bond donors (Lipinski definition) is 0. The van der Waals surface area contributed by atoms with E-state index in [2.05, 4.69) is 0 Å². The second kappa shape index (κ2) is 5.45. The van der Waals surface area contributed by atoms with Gasteiger partial charge in [0.15, 0.2) is 0 Å². The van der Waals surface area contributed by atoms with Crippen molar-refractivity contribution in [2.45, 2.75) is 20.3 Å². The van der Waals surface area contributed by atoms with Gasteiger partial charge in [-0.05, 0) is 0 Å². The van der Waals surface area contributed by atoms with Gasteiger partial charge in [-0.25, -0.2) is 0 Å². The molecule has 0 N–H and O–H groups in total. The Balaban J connectivity index is 2.74. The largest absolute Gasteiger partial charge is 0.349 e. The number of ketones is 1. The zero-order valence-corrected chi connectivity index (χ0v) is 11.9. The summed E-state index contributed by atoms with van der Waals surface area (Å²) in [6, 6.07) is 0. The van der Waals surface area contributed by atoms with Crippen LogP contribution in [0.25, 0.3) is 0 Å². The fourth-order valence-corrected chi connectivity index (χ4v) is 4.46. The number of carbonyl (C=O) groups is 2. The lowest BCUT2D eigenvalue weighted by atomic mass is 9.85. The first-order chi connectivity index (χ1) is 7.34. The third-order valence-corrected chi connectivity index (χ3v) is 5.56. The van der Waals surface area contributed by atoms with Crippen LogP contribution in [0.2, 0.25) is 0 Å². The van der Waals surface area contributed by atoms with Crippen LogP contribution in [0.15, 0.2) is 0 Å². The summed E-state index contributed by atoms with van der Waals surface area (Å²) >= 11 is 0. The molecule has 0 radical (unpaired) electrons. The van der Waals surface area contributed by atoms with Crippen LogP contribution in [0.3, 0.4) is 0 Å². The van der Waals surface area contributed by atoms with Gasteiger partial charge in [0, 0.05) is 37.4 Å². The van der Waals surface area contributed by atoms with Crippen molar-refractivity contribution in [1.82, 2.24) is 4.90 Å². The quantitative estimate of drug-likeness (QED) is 0.677. The van der Waals surface area contributed by atoms with E-state index in [1.54, 1.807) is 40.6 Å². The highest BCUT2D eigenvalue weighted by Gasteiger charge is 2.34. The standard InChI is InChI=1S/C11H19NO2S2/c1-11(2)7-16-15-6-8(5-9(11)13)10(14)12(3)4/h8H,5-7H2,1-4H3. The molecule has 1 unspecified atom stereocenters. The van der Waals surface area contributed by atoms with Crippen LogP contribution in [0.5, 0.6) is 0 Å². The van der Waals surface area contributed by atoms with Crippen molar-refractivity contribution in [3.63, 3.8) is 0 Å². The topological polar surface area (TPSA) is 37.4 Å². The third kappa shape index (κ3) is 3.42. The minimum absolute atomic E-state index is 0.0687. The SMILES string of the molecule is CN(C)C(=O)C1CSSCC(C)(C)C(=O)C1. The first-order valence-corrected chi connectivity index (χ1v) is 7.82. The van der Waals surface area contributed by atoms with Crippen LogP contribution in [0, 0.1) is 11.3 Å². The summed E-state index contributed by atoms with van der Waals surface area (Å²) in [6.45, 7) is 3.93. The van der Waals surface area contributed by atoms with Gasteiger partial charge in [0.2, 0.25) is 5.91 Å². The zero-order chi connectivity index (χ0) is 12.3. The summed E-state index contributed by atoms with van der Waals surface area (Å²) in [5.41, 5.74) is -0.303. The highest BCUT2D eigenvalue weighted by atomic mass is 33.1. The molecule has 1 aliphatic rings. The summed E-state index contributed by atoms with van der Waals surface area (Å²) in [5.74, 6) is 1.70. The predicted octanol–water partition coefficient (Wildman–Crippen LogP) is 2.07. The van der Waals surface area contributed by atoms with E-state index in [1.807, 2.05) is 13.8 Å². The van der Waals surface area contributed by atoms with E-state index in [4.69, 9.17) is 0 Å². The fraction of sp³-hybridized carbons (Fsp3) is 0.818. The van der Waals surface area contributed by atoms with Gasteiger partial charge < -0.3 is 4.90 Å². The Morgan fingerprint density at radius 2 is 2.00 bits per heavy atom. The molecule has 0 saturated carbocycles. The number of Topliss-reactive ketones (excluding diaryl/α,β-unsaturated/α-hetero) is 1. The van der Waals surface area contributed by atoms with Gasteiger partial charge in [0.05, 0.1) is 5.92 Å². The molecule has 1 amide bonds. The van der Waals surface area contributed by atoms with Crippen molar-refractivity contribution in [3.8, 4) is 0 Å². The van der Waals surface area contributed by atoms with E-state index in [9.17, 15) is 9.59 Å². The van der Waals surface area contributed by atoms with Crippen LogP contribution in [-0.4, -0.2) is 42.2 Å². The summed E-state index contributed by atoms with van der Waals surface area (Å²) < 4.78 is 0. The van der Waals surface area contributed by atoms with Gasteiger partial charge in [-0.2, -0.15) is 0 Å². The molecule has 1 fully saturated rings. The second-order valence-electron chi connectivity index (χ2n) is 4.99. The molecule has 16 heavy (non-hydrogen) atoms. The van der Waals surface area contributed by atoms with Crippen molar-refractivity contribution >= 4 is 33.3 Å². The van der Waals surface area contributed by atoms with Gasteiger partial charge in [0.25, 0.3) is 0 Å². The van der Waals surface area contributed by atoms with Crippen LogP contribution in [0.1, 0.15) is 20.3 Å². The number of nitrogens with zero attached hydrogens (tertiary/aromatic N) is 1. The molecule has 5 heteroatoms. The average molecular weight is 261 g/mol. The Morgan fingerprint density at radius 3 is 2.56 bits per heavy atom. The average Bonchev–Trinajstić information content (AvgIpc) is 2.19. The third-order valence-electron chi connectivity index (χ3n) is 2.75. The van der Waals surface area contributed by atoms with E-state index in [1.165, 1.54) is 0 Å². The van der Waals surface area contributed by atoms with Gasteiger partial charge in [-0.3, -0.25) is 9.59 Å². The Morgan fingerprint density at radius 1 is 1.38 bits per heavy atom. The molecule has 92 valence electrons. The summed E-state index contributed by atoms with van der Waals surface area (Å²) in [6.07, 6.45) is 0.386. The van der Waals surface area contributed by atoms with Crippen LogP contribution in [-0.2, 0) is 9.59 Å². The maximum atomic E-state index is 12.0. The lowest BCUT2D eigenvalue weighted by Gasteiger charge is -2.28. The molecule has 1 atom stereocenters. The van der Waals surface area contributed by atoms with E-state index >= 15 is 0 Å². The number of carbonyl (C=O) groups excluding carboxylic acids is 2. The van der Waals surface area contributed by atoms with Gasteiger partial charge in [-0.1, -0.05) is 35.4 Å². The summed E-state index contributed by atoms with van der Waals surface area (Å²) in [7, 11) is 6.89. The molecule has 1 rings (SSSR count). The Kier molecular flexibility index (Phi) is 4.73. The van der Waals surface area contributed by atoms with Crippen molar-refractivity contribution in [2.75, 3.05) is 25.6 Å². The number of hydrogen-bond acceptors (Lipinski definition) is 4. The maximum absolute atomic E-state index is 12.0. The Bertz CT molecular complexity index is 290. The highest BCUT2D eigenvalue weighted by molar-refractivity contribution is 8.76. The van der Waals surface area contributed by atoms with E-state index < -0.39 is 0 Å². The van der Waals surface area contributed by atoms with Crippen molar-refractivity contribution < 1.29 is 9.59 Å². The van der Waals surface area contributed by atoms with Crippen molar-refractivity contribution in [3.05, 3.63) is 0 Å². The minimum atomic E-state index is -0.303. The second-order valence-corrected chi connectivity index (χ2v) is 7.50. The van der Waals surface area contributed by atoms with E-state index in [-0.39, 0.29) is 23.0 Å². The lowest BCUT2D eigenvalue weighted by Crippen LogP contribution is -2.37. The first-order valence-electron chi connectivity index (χ1n) is 5.33. The molecule has 0 aromatic heterocycles. The molecule has 0 bridgehead atoms. The fourth-order valence-electron chi connectivity index (χ4n) is 1.48. The maximum Gasteiger partial charge on any atom is 0.226 e. The Labute approximate surface area is 105 Å². The van der Waals surface area contributed by atoms with Crippen LogP contribution < -0.4 is 0 Å². The molecule has 1 heterocycles. The lowest BCUT2D eigenvalue weighted by molar-refractivity contribution is -0.136. The zero-order valence-electron chi connectivity index (χ0n) is 10.3. The van der Waals surface area contributed by atoms with Crippen LogP contribution in [0.4, 0.5) is 0 Å². The summed E-state index contributed by atoms with van der Waals surface area (Å²) in [4.78, 5) is 25.5. The molecule has 1 saturated heterocycles. The summed E-state index contributed by atoms with van der Waals surface area (Å²) in [5, 5.41) is 0. The highest BCUT2D eigenvalue weighted by Crippen LogP contribution is 2.37. The van der Waals surface area contributed by atoms with E-state index in [0.717, 1.165) is 11.5 Å². The van der Waals surface area contributed by atoms with Crippen LogP contribution >= 0.6 is 21.6 Å². The molecule has 0 spiro atoms. The minimum Gasteiger partial charge on any atom is -0.349 e. The monoisotopic (exact) mass is 261 g/mol. The Hall–Kier alpha value is -0.160. The normalized spacial score (nSPS) is 25.8. The molecular formula is C11H19NO2S2. The first kappa shape index (κ1) is 13.9. The predicted molar refractivity (Wildman–Crippen MR) is 70.5 cm³/mol. The number of rotatable bonds is 1. The van der Waals surface area contributed by atoms with Gasteiger partial charge in [0.1, 0.15) is 5.78 Å². The molecule has 1 aliphatic heterocycles. The molecular weight excluding hydrogens is 242 g/mol. The molecule has 0 aromatic rings. The van der Waals surface area contributed by atoms with Crippen molar-refractivity contribution in [1.29, 1.82) is 0 Å². The van der Waals surface area contributed by atoms with Gasteiger partial charge >= 0.3 is 0 Å². The molecule has 0 aliphatic carbocycles. The smallest absolute Gasteiger partial charge is 0.226 e. The molecule has 3 nitrogen and oxygen atoms in total. The van der Waals surface area contributed by atoms with Gasteiger partial charge in [-0.15, -0.1) is 0 Å². The molecule has 0 aromatic carbocycles. The van der Waals surface area contributed by atoms with E-state index in [0.29, 0.717) is 6.42 Å². The van der Waals surface area contributed by atoms with Crippen molar-refractivity contribution in [2.24, 2.45) is 11.3 Å².